The molecular formula is C5H12OS. The highest BCUT2D eigenvalue weighted by Gasteiger charge is 2.08. The quantitative estimate of drug-likeness (QED) is 0.541. The first-order valence-electron chi connectivity index (χ1n) is 2.27. The van der Waals surface area contributed by atoms with E-state index in [1.165, 1.54) is 0 Å². The maximum Gasteiger partial charge on any atom is 0.0601 e. The van der Waals surface area contributed by atoms with Crippen LogP contribution in [0.1, 0.15) is 13.8 Å². The Morgan fingerprint density at radius 2 is 2.00 bits per heavy atom. The van der Waals surface area contributed by atoms with Crippen LogP contribution in [0.5, 0.6) is 0 Å². The number of hydrogen-bond acceptors (Lipinski definition) is 2. The standard InChI is InChI=1S/C5H12OS/c1-5(2,7)4-6-3/h7H,4H2,1-3H3. The summed E-state index contributed by atoms with van der Waals surface area (Å²) in [5.41, 5.74) is 0. The molecule has 0 unspecified atom stereocenters. The normalized spacial score (nSPS) is 12.0. The van der Waals surface area contributed by atoms with Gasteiger partial charge in [-0.25, -0.2) is 0 Å². The molecule has 2 heteroatoms. The molecule has 0 aliphatic rings. The van der Waals surface area contributed by atoms with Crippen molar-refractivity contribution < 1.29 is 4.74 Å². The van der Waals surface area contributed by atoms with Crippen LogP contribution in [0.2, 0.25) is 0 Å². The topological polar surface area (TPSA) is 9.23 Å². The lowest BCUT2D eigenvalue weighted by molar-refractivity contribution is 0.179. The van der Waals surface area contributed by atoms with E-state index in [-0.39, 0.29) is 4.75 Å². The lowest BCUT2D eigenvalue weighted by atomic mass is 10.2. The van der Waals surface area contributed by atoms with E-state index in [0.717, 1.165) is 0 Å². The third-order valence-corrected chi connectivity index (χ3v) is 0.627. The van der Waals surface area contributed by atoms with Crippen molar-refractivity contribution in [3.05, 3.63) is 0 Å². The Hall–Kier alpha value is 0.310. The predicted octanol–water partition coefficient (Wildman–Crippen LogP) is 1.34. The molecule has 0 bridgehead atoms. The van der Waals surface area contributed by atoms with Gasteiger partial charge in [-0.3, -0.25) is 0 Å². The Labute approximate surface area is 50.5 Å². The van der Waals surface area contributed by atoms with Crippen LogP contribution in [0.4, 0.5) is 0 Å². The van der Waals surface area contributed by atoms with E-state index < -0.39 is 0 Å². The second kappa shape index (κ2) is 2.58. The molecule has 0 atom stereocenters. The number of thiol groups is 1. The monoisotopic (exact) mass is 120 g/mol. The van der Waals surface area contributed by atoms with E-state index in [2.05, 4.69) is 12.6 Å². The van der Waals surface area contributed by atoms with Crippen LogP contribution in [-0.2, 0) is 4.74 Å². The van der Waals surface area contributed by atoms with Crippen molar-refractivity contribution in [1.82, 2.24) is 0 Å². The summed E-state index contributed by atoms with van der Waals surface area (Å²) in [6.07, 6.45) is 0. The van der Waals surface area contributed by atoms with Gasteiger partial charge >= 0.3 is 0 Å². The number of methoxy groups -OCH3 is 1. The third-order valence-electron chi connectivity index (χ3n) is 0.498. The maximum atomic E-state index is 4.83. The summed E-state index contributed by atoms with van der Waals surface area (Å²) in [5.74, 6) is 0. The number of hydrogen-bond donors (Lipinski definition) is 1. The van der Waals surface area contributed by atoms with Crippen LogP contribution in [-0.4, -0.2) is 18.5 Å². The Kier molecular flexibility index (Phi) is 2.69. The van der Waals surface area contributed by atoms with Crippen LogP contribution in [0, 0.1) is 0 Å². The molecule has 0 aliphatic heterocycles. The van der Waals surface area contributed by atoms with Gasteiger partial charge < -0.3 is 4.74 Å². The van der Waals surface area contributed by atoms with Gasteiger partial charge in [-0.15, -0.1) is 0 Å². The van der Waals surface area contributed by atoms with Gasteiger partial charge in [-0.05, 0) is 13.8 Å². The lowest BCUT2D eigenvalue weighted by Gasteiger charge is -2.14. The molecule has 0 aromatic rings. The van der Waals surface area contributed by atoms with E-state index in [0.29, 0.717) is 6.61 Å². The zero-order valence-corrected chi connectivity index (χ0v) is 5.96. The molecule has 0 aromatic heterocycles. The summed E-state index contributed by atoms with van der Waals surface area (Å²) in [6, 6.07) is 0. The van der Waals surface area contributed by atoms with Crippen LogP contribution < -0.4 is 0 Å². The second-order valence-electron chi connectivity index (χ2n) is 2.25. The molecule has 0 aliphatic carbocycles. The smallest absolute Gasteiger partial charge is 0.0601 e. The van der Waals surface area contributed by atoms with Crippen LogP contribution in [0.15, 0.2) is 0 Å². The van der Waals surface area contributed by atoms with E-state index in [9.17, 15) is 0 Å². The zero-order chi connectivity index (χ0) is 5.91. The first kappa shape index (κ1) is 7.31. The van der Waals surface area contributed by atoms with E-state index in [4.69, 9.17) is 4.74 Å². The molecule has 0 aromatic carbocycles. The fourth-order valence-corrected chi connectivity index (χ4v) is 0.482. The van der Waals surface area contributed by atoms with Gasteiger partial charge in [0.1, 0.15) is 0 Å². The highest BCUT2D eigenvalue weighted by Crippen LogP contribution is 2.10. The SMILES string of the molecule is COCC(C)(C)S. The van der Waals surface area contributed by atoms with Gasteiger partial charge in [0.05, 0.1) is 6.61 Å². The molecule has 1 nitrogen and oxygen atoms in total. The molecule has 0 fully saturated rings. The first-order chi connectivity index (χ1) is 3.06. The van der Waals surface area contributed by atoms with Crippen molar-refractivity contribution in [3.63, 3.8) is 0 Å². The minimum absolute atomic E-state index is 0.0226. The second-order valence-corrected chi connectivity index (χ2v) is 3.46. The molecule has 0 rings (SSSR count). The van der Waals surface area contributed by atoms with Gasteiger partial charge in [-0.2, -0.15) is 12.6 Å². The molecule has 0 saturated carbocycles. The van der Waals surface area contributed by atoms with Crippen molar-refractivity contribution in [3.8, 4) is 0 Å². The fraction of sp³-hybridized carbons (Fsp3) is 1.00. The molecule has 0 spiro atoms. The van der Waals surface area contributed by atoms with Crippen LogP contribution >= 0.6 is 12.6 Å². The van der Waals surface area contributed by atoms with Gasteiger partial charge in [-0.1, -0.05) is 0 Å². The van der Waals surface area contributed by atoms with Crippen molar-refractivity contribution in [1.29, 1.82) is 0 Å². The average molecular weight is 120 g/mol. The summed E-state index contributed by atoms with van der Waals surface area (Å²) in [5, 5.41) is 0. The molecule has 0 N–H and O–H groups in total. The molecule has 0 radical (unpaired) electrons. The molecular weight excluding hydrogens is 108 g/mol. The molecule has 0 saturated heterocycles. The van der Waals surface area contributed by atoms with Crippen molar-refractivity contribution in [2.75, 3.05) is 13.7 Å². The van der Waals surface area contributed by atoms with Crippen LogP contribution in [0.3, 0.4) is 0 Å². The highest BCUT2D eigenvalue weighted by molar-refractivity contribution is 7.81. The maximum absolute atomic E-state index is 4.83. The Morgan fingerprint density at radius 1 is 1.57 bits per heavy atom. The van der Waals surface area contributed by atoms with Crippen LogP contribution in [0.25, 0.3) is 0 Å². The number of rotatable bonds is 2. The van der Waals surface area contributed by atoms with E-state index in [1.807, 2.05) is 13.8 Å². The summed E-state index contributed by atoms with van der Waals surface area (Å²) in [7, 11) is 1.68. The average Bonchev–Trinajstić information content (AvgIpc) is 1.30. The Bertz CT molecular complexity index is 46.5. The fourth-order valence-electron chi connectivity index (χ4n) is 0.353. The summed E-state index contributed by atoms with van der Waals surface area (Å²) < 4.78 is 4.85. The Balaban J connectivity index is 3.15. The minimum Gasteiger partial charge on any atom is -0.383 e. The molecule has 0 amide bonds. The largest absolute Gasteiger partial charge is 0.383 e. The third kappa shape index (κ3) is 6.31. The molecule has 44 valence electrons. The van der Waals surface area contributed by atoms with Gasteiger partial charge in [0.25, 0.3) is 0 Å². The minimum atomic E-state index is 0.0226. The number of ether oxygens (including phenoxy) is 1. The van der Waals surface area contributed by atoms with E-state index >= 15 is 0 Å². The lowest BCUT2D eigenvalue weighted by Crippen LogP contribution is -2.17. The summed E-state index contributed by atoms with van der Waals surface area (Å²) >= 11 is 4.21. The van der Waals surface area contributed by atoms with Gasteiger partial charge in [0.15, 0.2) is 0 Å². The summed E-state index contributed by atoms with van der Waals surface area (Å²) in [4.78, 5) is 0. The van der Waals surface area contributed by atoms with E-state index in [1.54, 1.807) is 7.11 Å². The first-order valence-corrected chi connectivity index (χ1v) is 2.72. The molecule has 0 heterocycles. The predicted molar refractivity (Wildman–Crippen MR) is 34.9 cm³/mol. The zero-order valence-electron chi connectivity index (χ0n) is 5.06. The van der Waals surface area contributed by atoms with Crippen molar-refractivity contribution in [2.24, 2.45) is 0 Å². The van der Waals surface area contributed by atoms with Crippen molar-refractivity contribution >= 4 is 12.6 Å². The van der Waals surface area contributed by atoms with Gasteiger partial charge in [0, 0.05) is 11.9 Å². The Morgan fingerprint density at radius 3 is 2.00 bits per heavy atom. The summed E-state index contributed by atoms with van der Waals surface area (Å²) in [6.45, 7) is 4.73. The molecule has 7 heavy (non-hydrogen) atoms. The van der Waals surface area contributed by atoms with Gasteiger partial charge in [0.2, 0.25) is 0 Å². The highest BCUT2D eigenvalue weighted by atomic mass is 32.1. The van der Waals surface area contributed by atoms with Crippen molar-refractivity contribution in [2.45, 2.75) is 18.6 Å².